The Labute approximate surface area is 90.3 Å². The molecule has 2 atom stereocenters. The summed E-state index contributed by atoms with van der Waals surface area (Å²) in [6.45, 7) is 1.89. The molecule has 0 bridgehead atoms. The summed E-state index contributed by atoms with van der Waals surface area (Å²) in [6, 6.07) is 2.04. The average molecular weight is 209 g/mol. The van der Waals surface area contributed by atoms with Crippen molar-refractivity contribution in [1.29, 1.82) is 0 Å². The van der Waals surface area contributed by atoms with Gasteiger partial charge in [-0.2, -0.15) is 5.10 Å². The van der Waals surface area contributed by atoms with Gasteiger partial charge in [0.2, 0.25) is 0 Å². The smallest absolute Gasteiger partial charge is 0.0592 e. The van der Waals surface area contributed by atoms with Gasteiger partial charge in [-0.3, -0.25) is 4.68 Å². The van der Waals surface area contributed by atoms with Gasteiger partial charge in [0, 0.05) is 25.5 Å². The Morgan fingerprint density at radius 1 is 1.67 bits per heavy atom. The molecule has 1 aromatic rings. The van der Waals surface area contributed by atoms with Gasteiger partial charge in [0.05, 0.1) is 6.10 Å². The Bertz CT molecular complexity index is 311. The van der Waals surface area contributed by atoms with Crippen LogP contribution in [-0.4, -0.2) is 34.1 Å². The molecule has 84 valence electrons. The number of nitrogens with one attached hydrogen (secondary N) is 1. The number of hydrogen-bond acceptors (Lipinski definition) is 3. The number of aliphatic hydroxyl groups is 1. The zero-order chi connectivity index (χ0) is 10.7. The molecular formula is C11H19N3O. The maximum atomic E-state index is 9.80. The van der Waals surface area contributed by atoms with Gasteiger partial charge in [-0.25, -0.2) is 0 Å². The van der Waals surface area contributed by atoms with Crippen LogP contribution in [0.2, 0.25) is 0 Å². The Balaban J connectivity index is 1.84. The number of rotatable bonds is 3. The lowest BCUT2D eigenvalue weighted by Crippen LogP contribution is -2.40. The second-order valence-corrected chi connectivity index (χ2v) is 4.31. The number of piperidine rings is 1. The molecule has 2 N–H and O–H groups in total. The van der Waals surface area contributed by atoms with Gasteiger partial charge in [0.15, 0.2) is 0 Å². The lowest BCUT2D eigenvalue weighted by Gasteiger charge is -2.28. The summed E-state index contributed by atoms with van der Waals surface area (Å²) >= 11 is 0. The molecule has 0 radical (unpaired) electrons. The van der Waals surface area contributed by atoms with Crippen LogP contribution in [0.15, 0.2) is 12.3 Å². The summed E-state index contributed by atoms with van der Waals surface area (Å²) in [5, 5.41) is 17.3. The fraction of sp³-hybridized carbons (Fsp3) is 0.727. The first-order valence-electron chi connectivity index (χ1n) is 5.63. The van der Waals surface area contributed by atoms with Crippen LogP contribution in [0.3, 0.4) is 0 Å². The lowest BCUT2D eigenvalue weighted by atomic mass is 9.91. The van der Waals surface area contributed by atoms with Crippen LogP contribution < -0.4 is 5.32 Å². The van der Waals surface area contributed by atoms with Crippen molar-refractivity contribution in [2.45, 2.75) is 25.4 Å². The normalized spacial score (nSPS) is 26.8. The van der Waals surface area contributed by atoms with Crippen molar-refractivity contribution in [3.8, 4) is 0 Å². The molecule has 1 aliphatic rings. The van der Waals surface area contributed by atoms with E-state index < -0.39 is 0 Å². The van der Waals surface area contributed by atoms with E-state index >= 15 is 0 Å². The maximum absolute atomic E-state index is 9.80. The van der Waals surface area contributed by atoms with Crippen molar-refractivity contribution in [3.05, 3.63) is 18.0 Å². The molecule has 1 fully saturated rings. The number of aromatic nitrogens is 2. The first-order chi connectivity index (χ1) is 7.27. The summed E-state index contributed by atoms with van der Waals surface area (Å²) in [6.07, 6.45) is 4.62. The molecule has 0 spiro atoms. The highest BCUT2D eigenvalue weighted by Crippen LogP contribution is 2.17. The highest BCUT2D eigenvalue weighted by Gasteiger charge is 2.22. The van der Waals surface area contributed by atoms with Gasteiger partial charge in [-0.1, -0.05) is 0 Å². The fourth-order valence-electron chi connectivity index (χ4n) is 2.18. The van der Waals surface area contributed by atoms with Crippen molar-refractivity contribution in [2.75, 3.05) is 13.1 Å². The van der Waals surface area contributed by atoms with Crippen molar-refractivity contribution in [2.24, 2.45) is 13.0 Å². The summed E-state index contributed by atoms with van der Waals surface area (Å²) in [4.78, 5) is 0. The molecule has 2 rings (SSSR count). The molecule has 2 unspecified atom stereocenters. The second-order valence-electron chi connectivity index (χ2n) is 4.31. The minimum absolute atomic E-state index is 0.125. The molecule has 0 amide bonds. The number of aliphatic hydroxyl groups excluding tert-OH is 1. The van der Waals surface area contributed by atoms with E-state index in [1.165, 1.54) is 5.69 Å². The first-order valence-corrected chi connectivity index (χ1v) is 5.63. The SMILES string of the molecule is Cn1nccc1CCC1CNCCC1O. The third kappa shape index (κ3) is 2.58. The van der Waals surface area contributed by atoms with Crippen LogP contribution in [0, 0.1) is 5.92 Å². The van der Waals surface area contributed by atoms with Gasteiger partial charge in [0.1, 0.15) is 0 Å². The minimum atomic E-state index is -0.125. The van der Waals surface area contributed by atoms with Gasteiger partial charge in [0.25, 0.3) is 0 Å². The van der Waals surface area contributed by atoms with E-state index in [9.17, 15) is 5.11 Å². The first kappa shape index (κ1) is 10.6. The van der Waals surface area contributed by atoms with E-state index in [0.29, 0.717) is 5.92 Å². The van der Waals surface area contributed by atoms with E-state index in [1.54, 1.807) is 0 Å². The van der Waals surface area contributed by atoms with Gasteiger partial charge in [-0.15, -0.1) is 0 Å². The van der Waals surface area contributed by atoms with Crippen molar-refractivity contribution >= 4 is 0 Å². The average Bonchev–Trinajstić information content (AvgIpc) is 2.63. The van der Waals surface area contributed by atoms with Crippen LogP contribution >= 0.6 is 0 Å². The van der Waals surface area contributed by atoms with Gasteiger partial charge < -0.3 is 10.4 Å². The second kappa shape index (κ2) is 4.77. The number of nitrogens with zero attached hydrogens (tertiary/aromatic N) is 2. The predicted octanol–water partition coefficient (Wildman–Crippen LogP) is 0.323. The predicted molar refractivity (Wildman–Crippen MR) is 58.5 cm³/mol. The zero-order valence-corrected chi connectivity index (χ0v) is 9.19. The molecule has 1 aromatic heterocycles. The van der Waals surface area contributed by atoms with Crippen molar-refractivity contribution < 1.29 is 5.11 Å². The molecular weight excluding hydrogens is 190 g/mol. The lowest BCUT2D eigenvalue weighted by molar-refractivity contribution is 0.0745. The van der Waals surface area contributed by atoms with Crippen molar-refractivity contribution in [3.63, 3.8) is 0 Å². The van der Waals surface area contributed by atoms with Gasteiger partial charge in [-0.05, 0) is 37.8 Å². The maximum Gasteiger partial charge on any atom is 0.0592 e. The Hall–Kier alpha value is -0.870. The molecule has 15 heavy (non-hydrogen) atoms. The van der Waals surface area contributed by atoms with Crippen LogP contribution in [-0.2, 0) is 13.5 Å². The van der Waals surface area contributed by atoms with E-state index in [0.717, 1.165) is 32.4 Å². The Morgan fingerprint density at radius 3 is 3.20 bits per heavy atom. The largest absolute Gasteiger partial charge is 0.393 e. The summed E-state index contributed by atoms with van der Waals surface area (Å²) in [5.74, 6) is 0.397. The molecule has 4 nitrogen and oxygen atoms in total. The minimum Gasteiger partial charge on any atom is -0.393 e. The van der Waals surface area contributed by atoms with Crippen LogP contribution in [0.1, 0.15) is 18.5 Å². The highest BCUT2D eigenvalue weighted by atomic mass is 16.3. The molecule has 4 heteroatoms. The zero-order valence-electron chi connectivity index (χ0n) is 9.19. The highest BCUT2D eigenvalue weighted by molar-refractivity contribution is 5.00. The van der Waals surface area contributed by atoms with Crippen molar-refractivity contribution in [1.82, 2.24) is 15.1 Å². The van der Waals surface area contributed by atoms with E-state index in [4.69, 9.17) is 0 Å². The topological polar surface area (TPSA) is 50.1 Å². The number of hydrogen-bond donors (Lipinski definition) is 2. The fourth-order valence-corrected chi connectivity index (χ4v) is 2.18. The molecule has 2 heterocycles. The standard InChI is InChI=1S/C11H19N3O/c1-14-10(4-7-13-14)3-2-9-8-12-6-5-11(9)15/h4,7,9,11-12,15H,2-3,5-6,8H2,1H3. The van der Waals surface area contributed by atoms with Gasteiger partial charge >= 0.3 is 0 Å². The van der Waals surface area contributed by atoms with E-state index in [2.05, 4.69) is 10.4 Å². The Kier molecular flexibility index (Phi) is 3.38. The summed E-state index contributed by atoms with van der Waals surface area (Å²) in [7, 11) is 1.96. The van der Waals surface area contributed by atoms with E-state index in [-0.39, 0.29) is 6.10 Å². The van der Waals surface area contributed by atoms with Crippen LogP contribution in [0.25, 0.3) is 0 Å². The molecule has 1 aliphatic heterocycles. The molecule has 0 aliphatic carbocycles. The summed E-state index contributed by atoms with van der Waals surface area (Å²) in [5.41, 5.74) is 1.24. The molecule has 0 aromatic carbocycles. The van der Waals surface area contributed by atoms with Crippen LogP contribution in [0.4, 0.5) is 0 Å². The van der Waals surface area contributed by atoms with E-state index in [1.807, 2.05) is 24.0 Å². The van der Waals surface area contributed by atoms with Crippen LogP contribution in [0.5, 0.6) is 0 Å². The monoisotopic (exact) mass is 209 g/mol. The number of aryl methyl sites for hydroxylation is 2. The third-order valence-corrected chi connectivity index (χ3v) is 3.26. The quantitative estimate of drug-likeness (QED) is 0.754. The summed E-state index contributed by atoms with van der Waals surface area (Å²) < 4.78 is 1.91. The third-order valence-electron chi connectivity index (χ3n) is 3.26. The molecule has 1 saturated heterocycles. The molecule has 0 saturated carbocycles. The Morgan fingerprint density at radius 2 is 2.53 bits per heavy atom.